The zero-order chi connectivity index (χ0) is 28.0. The van der Waals surface area contributed by atoms with Crippen LogP contribution in [0, 0.1) is 24.4 Å². The largest absolute Gasteiger partial charge is 0.300 e. The maximum atomic E-state index is 16.1. The van der Waals surface area contributed by atoms with E-state index in [2.05, 4.69) is 9.88 Å². The van der Waals surface area contributed by atoms with E-state index >= 15 is 4.39 Å². The summed E-state index contributed by atoms with van der Waals surface area (Å²) in [5.74, 6) is -3.25. The molecule has 0 N–H and O–H groups in total. The molecule has 2 aliphatic rings. The number of nitrogens with zero attached hydrogens (tertiary/aromatic N) is 3. The van der Waals surface area contributed by atoms with Crippen molar-refractivity contribution in [2.75, 3.05) is 13.1 Å². The smallest absolute Gasteiger partial charge is 0.185 e. The van der Waals surface area contributed by atoms with Gasteiger partial charge in [0.25, 0.3) is 0 Å². The highest BCUT2D eigenvalue weighted by Crippen LogP contribution is 2.43. The van der Waals surface area contributed by atoms with Gasteiger partial charge in [0.15, 0.2) is 9.84 Å². The van der Waals surface area contributed by atoms with Crippen molar-refractivity contribution in [1.82, 2.24) is 14.9 Å². The molecule has 1 aliphatic carbocycles. The zero-order valence-corrected chi connectivity index (χ0v) is 23.5. The van der Waals surface area contributed by atoms with Crippen LogP contribution in [0.4, 0.5) is 13.2 Å². The number of pyridine rings is 1. The molecule has 40 heavy (non-hydrogen) atoms. The van der Waals surface area contributed by atoms with E-state index in [1.54, 1.807) is 29.7 Å². The van der Waals surface area contributed by atoms with Crippen LogP contribution in [-0.4, -0.2) is 42.4 Å². The third-order valence-electron chi connectivity index (χ3n) is 7.65. The minimum absolute atomic E-state index is 0.134. The van der Waals surface area contributed by atoms with Crippen molar-refractivity contribution in [2.24, 2.45) is 0 Å². The number of hydrogen-bond donors (Lipinski definition) is 0. The number of likely N-dealkylation sites (tertiary alicyclic amines) is 1. The van der Waals surface area contributed by atoms with E-state index in [-0.39, 0.29) is 17.0 Å². The molecule has 0 unspecified atom stereocenters. The summed E-state index contributed by atoms with van der Waals surface area (Å²) in [6.07, 6.45) is 6.22. The van der Waals surface area contributed by atoms with Gasteiger partial charge in [-0.2, -0.15) is 0 Å². The summed E-state index contributed by atoms with van der Waals surface area (Å²) in [6, 6.07) is 11.2. The summed E-state index contributed by atoms with van der Waals surface area (Å²) in [5.41, 5.74) is 2.17. The fourth-order valence-corrected chi connectivity index (χ4v) is 8.09. The molecule has 4 aromatic rings. The first-order valence-corrected chi connectivity index (χ1v) is 15.8. The molecule has 208 valence electrons. The lowest BCUT2D eigenvalue weighted by Crippen LogP contribution is -2.34. The van der Waals surface area contributed by atoms with E-state index in [1.807, 2.05) is 19.1 Å². The van der Waals surface area contributed by atoms with Gasteiger partial charge in [0.1, 0.15) is 22.3 Å². The van der Waals surface area contributed by atoms with Crippen LogP contribution in [0.5, 0.6) is 0 Å². The lowest BCUT2D eigenvalue weighted by Gasteiger charge is -2.30. The van der Waals surface area contributed by atoms with Crippen LogP contribution in [0.3, 0.4) is 0 Å². The maximum absolute atomic E-state index is 16.1. The number of benzene rings is 2. The van der Waals surface area contributed by atoms with Gasteiger partial charge in [0, 0.05) is 35.0 Å². The van der Waals surface area contributed by atoms with Crippen LogP contribution in [0.25, 0.3) is 21.7 Å². The van der Waals surface area contributed by atoms with Gasteiger partial charge < -0.3 is 4.90 Å². The summed E-state index contributed by atoms with van der Waals surface area (Å²) in [5, 5.41) is 0.939. The molecule has 0 atom stereocenters. The Morgan fingerprint density at radius 2 is 1.77 bits per heavy atom. The third-order valence-corrected chi connectivity index (χ3v) is 10.6. The Balaban J connectivity index is 1.38. The SMILES string of the molecule is Cc1cc(-c2sc(C3CCN(C4CC4)CC3)nc2-c2cccc(CS(=O)(=O)c3cc(F)ccc3F)c2F)ccn1. The number of thiazole rings is 1. The molecule has 5 nitrogen and oxygen atoms in total. The van der Waals surface area contributed by atoms with E-state index in [0.717, 1.165) is 65.2 Å². The summed E-state index contributed by atoms with van der Waals surface area (Å²) in [4.78, 5) is 11.8. The second-order valence-electron chi connectivity index (χ2n) is 10.6. The second kappa shape index (κ2) is 10.7. The average Bonchev–Trinajstić information content (AvgIpc) is 3.69. The lowest BCUT2D eigenvalue weighted by atomic mass is 9.97. The molecule has 2 fully saturated rings. The summed E-state index contributed by atoms with van der Waals surface area (Å²) < 4.78 is 70.1. The molecule has 0 bridgehead atoms. The quantitative estimate of drug-likeness (QED) is 0.237. The number of aryl methyl sites for hydroxylation is 1. The molecule has 1 saturated carbocycles. The summed E-state index contributed by atoms with van der Waals surface area (Å²) >= 11 is 1.54. The van der Waals surface area contributed by atoms with Gasteiger partial charge in [-0.05, 0) is 87.7 Å². The van der Waals surface area contributed by atoms with E-state index in [1.165, 1.54) is 18.9 Å². The molecule has 0 spiro atoms. The van der Waals surface area contributed by atoms with Gasteiger partial charge in [0.05, 0.1) is 21.3 Å². The van der Waals surface area contributed by atoms with Gasteiger partial charge in [-0.15, -0.1) is 11.3 Å². The summed E-state index contributed by atoms with van der Waals surface area (Å²) in [7, 11) is -4.36. The topological polar surface area (TPSA) is 63.2 Å². The standard InChI is InChI=1S/C30H28F3N3O2S2/c1-18-15-20(9-12-34-18)29-28(35-30(39-29)19-10-13-36(14-11-19)23-6-7-23)24-4-2-3-21(27(24)33)17-40(37,38)26-16-22(31)5-8-25(26)32/h2-5,8-9,12,15-16,19,23H,6-7,10-11,13-14,17H2,1H3. The highest BCUT2D eigenvalue weighted by molar-refractivity contribution is 7.90. The normalized spacial score (nSPS) is 16.9. The van der Waals surface area contributed by atoms with Crippen LogP contribution in [-0.2, 0) is 15.6 Å². The van der Waals surface area contributed by atoms with Crippen LogP contribution >= 0.6 is 11.3 Å². The van der Waals surface area contributed by atoms with Gasteiger partial charge in [0.2, 0.25) is 0 Å². The van der Waals surface area contributed by atoms with Crippen molar-refractivity contribution in [3.63, 3.8) is 0 Å². The molecular weight excluding hydrogens is 555 g/mol. The number of halogens is 3. The van der Waals surface area contributed by atoms with Crippen molar-refractivity contribution in [3.8, 4) is 21.7 Å². The van der Waals surface area contributed by atoms with Gasteiger partial charge >= 0.3 is 0 Å². The predicted octanol–water partition coefficient (Wildman–Crippen LogP) is 6.91. The zero-order valence-electron chi connectivity index (χ0n) is 21.9. The van der Waals surface area contributed by atoms with Gasteiger partial charge in [-0.3, -0.25) is 4.98 Å². The number of rotatable bonds is 7. The van der Waals surface area contributed by atoms with E-state index in [4.69, 9.17) is 4.98 Å². The fourth-order valence-electron chi connectivity index (χ4n) is 5.40. The van der Waals surface area contributed by atoms with E-state index in [9.17, 15) is 17.2 Å². The molecule has 2 aromatic heterocycles. The Bertz CT molecular complexity index is 1680. The van der Waals surface area contributed by atoms with Crippen molar-refractivity contribution in [2.45, 2.75) is 55.2 Å². The molecule has 10 heteroatoms. The lowest BCUT2D eigenvalue weighted by molar-refractivity contribution is 0.203. The van der Waals surface area contributed by atoms with Crippen molar-refractivity contribution in [1.29, 1.82) is 0 Å². The Labute approximate surface area is 235 Å². The Kier molecular flexibility index (Phi) is 7.27. The molecule has 2 aromatic carbocycles. The third kappa shape index (κ3) is 5.44. The molecule has 0 amide bonds. The highest BCUT2D eigenvalue weighted by Gasteiger charge is 2.34. The minimum Gasteiger partial charge on any atom is -0.300 e. The molecule has 1 saturated heterocycles. The van der Waals surface area contributed by atoms with Crippen molar-refractivity contribution >= 4 is 21.2 Å². The average molecular weight is 584 g/mol. The Morgan fingerprint density at radius 3 is 2.50 bits per heavy atom. The molecule has 6 rings (SSSR count). The van der Waals surface area contributed by atoms with Crippen molar-refractivity contribution < 1.29 is 21.6 Å². The minimum atomic E-state index is -4.36. The van der Waals surface area contributed by atoms with Crippen LogP contribution in [0.15, 0.2) is 59.6 Å². The Morgan fingerprint density at radius 1 is 1.00 bits per heavy atom. The number of piperidine rings is 1. The molecule has 0 radical (unpaired) electrons. The molecule has 3 heterocycles. The monoisotopic (exact) mass is 583 g/mol. The van der Waals surface area contributed by atoms with Gasteiger partial charge in [-0.25, -0.2) is 26.6 Å². The number of hydrogen-bond acceptors (Lipinski definition) is 6. The second-order valence-corrected chi connectivity index (χ2v) is 13.6. The highest BCUT2D eigenvalue weighted by atomic mass is 32.2. The van der Waals surface area contributed by atoms with Crippen LogP contribution in [0.1, 0.15) is 47.9 Å². The van der Waals surface area contributed by atoms with Crippen molar-refractivity contribution in [3.05, 3.63) is 88.4 Å². The maximum Gasteiger partial charge on any atom is 0.185 e. The molecular formula is C30H28F3N3O2S2. The van der Waals surface area contributed by atoms with Gasteiger partial charge in [-0.1, -0.05) is 12.1 Å². The number of sulfone groups is 1. The fraction of sp³-hybridized carbons (Fsp3) is 0.333. The first-order valence-electron chi connectivity index (χ1n) is 13.3. The van der Waals surface area contributed by atoms with Crippen LogP contribution < -0.4 is 0 Å². The summed E-state index contributed by atoms with van der Waals surface area (Å²) in [6.45, 7) is 3.93. The first kappa shape index (κ1) is 27.1. The first-order chi connectivity index (χ1) is 19.2. The number of aromatic nitrogens is 2. The van der Waals surface area contributed by atoms with E-state index in [0.29, 0.717) is 11.8 Å². The van der Waals surface area contributed by atoms with E-state index < -0.39 is 37.9 Å². The predicted molar refractivity (Wildman–Crippen MR) is 149 cm³/mol. The molecule has 1 aliphatic heterocycles. The Hall–Kier alpha value is -3.08. The van der Waals surface area contributed by atoms with Crippen LogP contribution in [0.2, 0.25) is 0 Å².